The van der Waals surface area contributed by atoms with Crippen LogP contribution < -0.4 is 0 Å². The second kappa shape index (κ2) is 6.33. The first-order valence-electron chi connectivity index (χ1n) is 6.12. The van der Waals surface area contributed by atoms with Gasteiger partial charge < -0.3 is 20.1 Å². The zero-order valence-corrected chi connectivity index (χ0v) is 10.3. The van der Waals surface area contributed by atoms with Gasteiger partial charge in [0.15, 0.2) is 0 Å². The molecule has 2 atom stereocenters. The Morgan fingerprint density at radius 3 is 2.53 bits per heavy atom. The molecule has 0 aromatic carbocycles. The van der Waals surface area contributed by atoms with Gasteiger partial charge in [0.1, 0.15) is 6.10 Å². The molecule has 5 heteroatoms. The topological polar surface area (TPSA) is 87.0 Å². The summed E-state index contributed by atoms with van der Waals surface area (Å²) in [7, 11) is 0. The SMILES string of the molecule is CC(CO)C(CO)(CO)C1CCCCC(=O)O1. The van der Waals surface area contributed by atoms with E-state index in [1.807, 2.05) is 0 Å². The van der Waals surface area contributed by atoms with Crippen LogP contribution in [-0.4, -0.2) is 47.2 Å². The molecular weight excluding hydrogens is 224 g/mol. The maximum atomic E-state index is 11.4. The Hall–Kier alpha value is -0.650. The second-order valence-corrected chi connectivity index (χ2v) is 4.86. The van der Waals surface area contributed by atoms with Crippen LogP contribution in [0.1, 0.15) is 32.6 Å². The number of hydrogen-bond donors (Lipinski definition) is 3. The van der Waals surface area contributed by atoms with Gasteiger partial charge >= 0.3 is 5.97 Å². The quantitative estimate of drug-likeness (QED) is 0.598. The van der Waals surface area contributed by atoms with Gasteiger partial charge in [-0.25, -0.2) is 0 Å². The van der Waals surface area contributed by atoms with Gasteiger partial charge in [0.25, 0.3) is 0 Å². The summed E-state index contributed by atoms with van der Waals surface area (Å²) in [6, 6.07) is 0. The average molecular weight is 246 g/mol. The minimum atomic E-state index is -0.950. The van der Waals surface area contributed by atoms with Crippen molar-refractivity contribution in [1.82, 2.24) is 0 Å². The number of cyclic esters (lactones) is 1. The summed E-state index contributed by atoms with van der Waals surface area (Å²) in [5.41, 5.74) is -0.950. The smallest absolute Gasteiger partial charge is 0.306 e. The van der Waals surface area contributed by atoms with E-state index >= 15 is 0 Å². The van der Waals surface area contributed by atoms with E-state index in [2.05, 4.69) is 0 Å². The maximum Gasteiger partial charge on any atom is 0.306 e. The second-order valence-electron chi connectivity index (χ2n) is 4.86. The third kappa shape index (κ3) is 2.97. The van der Waals surface area contributed by atoms with Gasteiger partial charge in [0, 0.05) is 13.0 Å². The summed E-state index contributed by atoms with van der Waals surface area (Å²) in [5, 5.41) is 28.3. The molecule has 0 aromatic heterocycles. The molecular formula is C12H22O5. The Morgan fingerprint density at radius 1 is 1.35 bits per heavy atom. The molecule has 1 heterocycles. The van der Waals surface area contributed by atoms with E-state index in [-0.39, 0.29) is 31.7 Å². The Labute approximate surface area is 101 Å². The average Bonchev–Trinajstić information content (AvgIpc) is 2.56. The van der Waals surface area contributed by atoms with Crippen molar-refractivity contribution in [1.29, 1.82) is 0 Å². The van der Waals surface area contributed by atoms with Crippen molar-refractivity contribution >= 4 is 5.97 Å². The van der Waals surface area contributed by atoms with Crippen LogP contribution in [-0.2, 0) is 9.53 Å². The number of aliphatic hydroxyl groups is 3. The Balaban J connectivity index is 2.91. The lowest BCUT2D eigenvalue weighted by Crippen LogP contribution is -2.49. The molecule has 0 aliphatic carbocycles. The van der Waals surface area contributed by atoms with Crippen molar-refractivity contribution in [3.8, 4) is 0 Å². The van der Waals surface area contributed by atoms with E-state index in [4.69, 9.17) is 4.74 Å². The molecule has 1 fully saturated rings. The van der Waals surface area contributed by atoms with E-state index in [0.717, 1.165) is 12.8 Å². The van der Waals surface area contributed by atoms with Crippen LogP contribution in [0.4, 0.5) is 0 Å². The summed E-state index contributed by atoms with van der Waals surface area (Å²) >= 11 is 0. The van der Waals surface area contributed by atoms with Gasteiger partial charge in [0.2, 0.25) is 0 Å². The van der Waals surface area contributed by atoms with Crippen molar-refractivity contribution in [3.63, 3.8) is 0 Å². The molecule has 17 heavy (non-hydrogen) atoms. The number of rotatable bonds is 5. The number of carbonyl (C=O) groups excluding carboxylic acids is 1. The van der Waals surface area contributed by atoms with E-state index in [1.165, 1.54) is 0 Å². The molecule has 0 aromatic rings. The first-order valence-corrected chi connectivity index (χ1v) is 6.12. The highest BCUT2D eigenvalue weighted by Crippen LogP contribution is 2.36. The number of esters is 1. The molecule has 3 N–H and O–H groups in total. The van der Waals surface area contributed by atoms with E-state index < -0.39 is 11.5 Å². The molecule has 0 spiro atoms. The molecule has 1 saturated heterocycles. The highest BCUT2D eigenvalue weighted by atomic mass is 16.5. The Kier molecular flexibility index (Phi) is 5.36. The molecule has 1 rings (SSSR count). The molecule has 0 radical (unpaired) electrons. The first-order chi connectivity index (χ1) is 8.10. The predicted octanol–water partition coefficient (Wildman–Crippen LogP) is 0.0716. The number of aliphatic hydroxyl groups excluding tert-OH is 3. The number of carbonyl (C=O) groups is 1. The maximum absolute atomic E-state index is 11.4. The fourth-order valence-electron chi connectivity index (χ4n) is 2.34. The van der Waals surface area contributed by atoms with E-state index in [1.54, 1.807) is 6.92 Å². The van der Waals surface area contributed by atoms with E-state index in [9.17, 15) is 20.1 Å². The fraction of sp³-hybridized carbons (Fsp3) is 0.917. The summed E-state index contributed by atoms with van der Waals surface area (Å²) in [4.78, 5) is 11.4. The van der Waals surface area contributed by atoms with Crippen LogP contribution in [0.3, 0.4) is 0 Å². The zero-order valence-electron chi connectivity index (χ0n) is 10.3. The summed E-state index contributed by atoms with van der Waals surface area (Å²) in [5.74, 6) is -0.614. The fourth-order valence-corrected chi connectivity index (χ4v) is 2.34. The minimum absolute atomic E-state index is 0.158. The van der Waals surface area contributed by atoms with Crippen LogP contribution in [0, 0.1) is 11.3 Å². The minimum Gasteiger partial charge on any atom is -0.462 e. The van der Waals surface area contributed by atoms with Crippen molar-refractivity contribution in [2.24, 2.45) is 11.3 Å². The van der Waals surface area contributed by atoms with Gasteiger partial charge in [-0.2, -0.15) is 0 Å². The summed E-state index contributed by atoms with van der Waals surface area (Å²) < 4.78 is 5.31. The van der Waals surface area contributed by atoms with Gasteiger partial charge in [-0.05, 0) is 25.2 Å². The first kappa shape index (κ1) is 14.4. The lowest BCUT2D eigenvalue weighted by atomic mass is 9.72. The van der Waals surface area contributed by atoms with Gasteiger partial charge in [-0.15, -0.1) is 0 Å². The molecule has 1 aliphatic rings. The highest BCUT2D eigenvalue weighted by Gasteiger charge is 2.45. The normalized spacial score (nSPS) is 24.0. The van der Waals surface area contributed by atoms with Crippen molar-refractivity contribution < 1.29 is 24.9 Å². The highest BCUT2D eigenvalue weighted by molar-refractivity contribution is 5.69. The van der Waals surface area contributed by atoms with Crippen molar-refractivity contribution in [2.45, 2.75) is 38.7 Å². The summed E-state index contributed by atoms with van der Waals surface area (Å²) in [6.45, 7) is 0.979. The number of hydrogen-bond acceptors (Lipinski definition) is 5. The Morgan fingerprint density at radius 2 is 2.00 bits per heavy atom. The molecule has 1 aliphatic heterocycles. The van der Waals surface area contributed by atoms with Gasteiger partial charge in [-0.3, -0.25) is 4.79 Å². The van der Waals surface area contributed by atoms with Gasteiger partial charge in [0.05, 0.1) is 18.6 Å². The predicted molar refractivity (Wildman–Crippen MR) is 61.2 cm³/mol. The largest absolute Gasteiger partial charge is 0.462 e. The molecule has 0 saturated carbocycles. The molecule has 100 valence electrons. The molecule has 2 unspecified atom stereocenters. The lowest BCUT2D eigenvalue weighted by molar-refractivity contribution is -0.167. The van der Waals surface area contributed by atoms with Crippen LogP contribution in [0.5, 0.6) is 0 Å². The Bertz CT molecular complexity index is 249. The van der Waals surface area contributed by atoms with Crippen LogP contribution in [0.2, 0.25) is 0 Å². The third-order valence-electron chi connectivity index (χ3n) is 3.86. The lowest BCUT2D eigenvalue weighted by Gasteiger charge is -2.40. The molecule has 0 bridgehead atoms. The number of ether oxygens (including phenoxy) is 1. The van der Waals surface area contributed by atoms with Crippen LogP contribution in [0.15, 0.2) is 0 Å². The summed E-state index contributed by atoms with van der Waals surface area (Å²) in [6.07, 6.45) is 2.09. The van der Waals surface area contributed by atoms with Crippen molar-refractivity contribution in [3.05, 3.63) is 0 Å². The van der Waals surface area contributed by atoms with Crippen LogP contribution in [0.25, 0.3) is 0 Å². The van der Waals surface area contributed by atoms with Gasteiger partial charge in [-0.1, -0.05) is 6.92 Å². The van der Waals surface area contributed by atoms with Crippen LogP contribution >= 0.6 is 0 Å². The standard InChI is InChI=1S/C12H22O5/c1-9(6-13)12(7-14,8-15)10-4-2-3-5-11(16)17-10/h9-10,13-15H,2-8H2,1H3. The zero-order chi connectivity index (χ0) is 12.9. The monoisotopic (exact) mass is 246 g/mol. The van der Waals surface area contributed by atoms with Crippen molar-refractivity contribution in [2.75, 3.05) is 19.8 Å². The third-order valence-corrected chi connectivity index (χ3v) is 3.86. The van der Waals surface area contributed by atoms with E-state index in [0.29, 0.717) is 12.8 Å². The molecule has 0 amide bonds. The molecule has 5 nitrogen and oxygen atoms in total.